The van der Waals surface area contributed by atoms with Gasteiger partial charge in [-0.2, -0.15) is 10.5 Å². The van der Waals surface area contributed by atoms with Crippen LogP contribution in [-0.2, 0) is 16.0 Å². The van der Waals surface area contributed by atoms with Crippen LogP contribution in [0, 0.1) is 22.7 Å². The van der Waals surface area contributed by atoms with Crippen LogP contribution in [0.3, 0.4) is 0 Å². The minimum absolute atomic E-state index is 0.0143. The third-order valence-electron chi connectivity index (χ3n) is 8.04. The predicted octanol–water partition coefficient (Wildman–Crippen LogP) is 6.92. The molecule has 0 aromatic heterocycles. The molecule has 4 aromatic carbocycles. The van der Waals surface area contributed by atoms with E-state index in [-0.39, 0.29) is 41.7 Å². The first kappa shape index (κ1) is 41.2. The van der Waals surface area contributed by atoms with Gasteiger partial charge in [0, 0.05) is 28.9 Å². The molecule has 57 heavy (non-hydrogen) atoms. The second-order valence-corrected chi connectivity index (χ2v) is 15.6. The maximum absolute atomic E-state index is 12.9. The summed E-state index contributed by atoms with van der Waals surface area (Å²) in [6.45, 7) is 0. The molecular weight excluding hydrogens is 850 g/mol. The van der Waals surface area contributed by atoms with Gasteiger partial charge in [0.05, 0.1) is 54.9 Å². The van der Waals surface area contributed by atoms with Gasteiger partial charge in [-0.1, -0.05) is 94.2 Å². The van der Waals surface area contributed by atoms with E-state index in [4.69, 9.17) is 57.9 Å². The summed E-state index contributed by atoms with van der Waals surface area (Å²) in [6, 6.07) is 24.3. The summed E-state index contributed by atoms with van der Waals surface area (Å²) in [5, 5.41) is 33.5. The van der Waals surface area contributed by atoms with Crippen LogP contribution in [0.5, 0.6) is 0 Å². The van der Waals surface area contributed by atoms with Gasteiger partial charge in [0.2, 0.25) is 11.8 Å². The second-order valence-electron chi connectivity index (χ2n) is 12.1. The monoisotopic (exact) mass is 876 g/mol. The van der Waals surface area contributed by atoms with Gasteiger partial charge in [0.1, 0.15) is 0 Å². The molecule has 2 atom stereocenters. The number of rotatable bonds is 10. The molecule has 4 aromatic rings. The molecular formula is C37H28Cl4N12O2S2. The molecule has 2 heterocycles. The van der Waals surface area contributed by atoms with Crippen LogP contribution in [0.1, 0.15) is 45.7 Å². The number of hydrogen-bond donors (Lipinski definition) is 6. The molecule has 0 bridgehead atoms. The number of carbonyl (C=O) groups excluding carboxylic acids is 2. The highest BCUT2D eigenvalue weighted by molar-refractivity contribution is 8.14. The summed E-state index contributed by atoms with van der Waals surface area (Å²) < 4.78 is 0. The van der Waals surface area contributed by atoms with Gasteiger partial charge < -0.3 is 32.7 Å². The number of halogens is 4. The molecule has 0 aliphatic carbocycles. The summed E-state index contributed by atoms with van der Waals surface area (Å²) in [5.74, 6) is -0.448. The van der Waals surface area contributed by atoms with Crippen molar-refractivity contribution in [3.8, 4) is 12.1 Å². The Hall–Kier alpha value is -5.46. The average Bonchev–Trinajstić information content (AvgIpc) is 3.19. The van der Waals surface area contributed by atoms with Crippen molar-refractivity contribution in [1.82, 2.24) is 10.6 Å². The van der Waals surface area contributed by atoms with Gasteiger partial charge in [-0.3, -0.25) is 9.59 Å². The molecule has 288 valence electrons. The number of hydrogen-bond acceptors (Lipinski definition) is 14. The summed E-state index contributed by atoms with van der Waals surface area (Å²) in [4.78, 5) is 43.4. The predicted molar refractivity (Wildman–Crippen MR) is 230 cm³/mol. The Labute approximate surface area is 354 Å². The van der Waals surface area contributed by atoms with Crippen LogP contribution in [-0.4, -0.2) is 45.6 Å². The molecule has 2 amide bonds. The minimum Gasteiger partial charge on any atom is -0.370 e. The van der Waals surface area contributed by atoms with Gasteiger partial charge >= 0.3 is 0 Å². The molecule has 14 nitrogen and oxygen atoms in total. The number of anilines is 2. The standard InChI is InChI=1S/C37H28Cl4N12O2S2/c38-26-7-3-20(12-28(26)40)32-48-34(44)52-36(50-32)56-16-30(54)46-24-5-1-18(22(10-24)14-42)9-19-2-6-25(11-23(19)15-43)47-31(55)17-57-37-51-33(49-35(45)53-37)21-4-8-27(39)29(41)13-21/h1-8,10-13,32-33H,9,16-17H2,(H,46,54)(H,47,55)(H3,44,48,50,52)(H3,45,49,51,53)/t32-,33-/m0/s1. The van der Waals surface area contributed by atoms with Crippen molar-refractivity contribution in [3.63, 3.8) is 0 Å². The van der Waals surface area contributed by atoms with Crippen molar-refractivity contribution in [2.24, 2.45) is 31.4 Å². The van der Waals surface area contributed by atoms with Gasteiger partial charge in [-0.15, -0.1) is 0 Å². The molecule has 2 aliphatic heterocycles. The molecule has 0 saturated carbocycles. The fourth-order valence-electron chi connectivity index (χ4n) is 5.37. The van der Waals surface area contributed by atoms with Crippen molar-refractivity contribution in [2.75, 3.05) is 22.1 Å². The van der Waals surface area contributed by atoms with Crippen molar-refractivity contribution in [2.45, 2.75) is 18.8 Å². The van der Waals surface area contributed by atoms with Crippen LogP contribution in [0.4, 0.5) is 11.4 Å². The number of nitrogens with zero attached hydrogens (tertiary/aromatic N) is 6. The first-order valence-corrected chi connectivity index (χ1v) is 20.0. The van der Waals surface area contributed by atoms with Crippen molar-refractivity contribution >= 4 is 115 Å². The van der Waals surface area contributed by atoms with Gasteiger partial charge in [0.15, 0.2) is 34.6 Å². The number of carbonyl (C=O) groups is 2. The maximum atomic E-state index is 12.9. The van der Waals surface area contributed by atoms with Crippen molar-refractivity contribution < 1.29 is 9.59 Å². The number of aliphatic imine (C=N–C) groups is 4. The zero-order valence-electron chi connectivity index (χ0n) is 29.2. The third kappa shape index (κ3) is 10.9. The Balaban J connectivity index is 1.03. The Morgan fingerprint density at radius 3 is 1.44 bits per heavy atom. The molecule has 0 radical (unpaired) electrons. The van der Waals surface area contributed by atoms with E-state index in [1.165, 1.54) is 0 Å². The average molecular weight is 879 g/mol. The van der Waals surface area contributed by atoms with Crippen LogP contribution in [0.15, 0.2) is 92.8 Å². The Kier molecular flexibility index (Phi) is 13.5. The molecule has 0 spiro atoms. The molecule has 0 fully saturated rings. The lowest BCUT2D eigenvalue weighted by atomic mass is 9.96. The van der Waals surface area contributed by atoms with Crippen molar-refractivity contribution in [1.29, 1.82) is 10.5 Å². The van der Waals surface area contributed by atoms with E-state index in [9.17, 15) is 20.1 Å². The molecule has 2 aliphatic rings. The number of amides is 2. The quantitative estimate of drug-likeness (QED) is 0.0963. The number of benzene rings is 4. The van der Waals surface area contributed by atoms with E-state index >= 15 is 0 Å². The van der Waals surface area contributed by atoms with Crippen molar-refractivity contribution in [3.05, 3.63) is 126 Å². The van der Waals surface area contributed by atoms with E-state index in [1.807, 2.05) is 0 Å². The number of nitrogens with one attached hydrogen (secondary N) is 4. The normalized spacial score (nSPS) is 16.0. The highest BCUT2D eigenvalue weighted by Gasteiger charge is 2.21. The lowest BCUT2D eigenvalue weighted by molar-refractivity contribution is -0.114. The zero-order chi connectivity index (χ0) is 40.6. The smallest absolute Gasteiger partial charge is 0.234 e. The largest absolute Gasteiger partial charge is 0.370 e. The fraction of sp³-hybridized carbons (Fsp3) is 0.135. The molecule has 6 rings (SSSR count). The maximum Gasteiger partial charge on any atom is 0.234 e. The number of amidine groups is 2. The topological polar surface area (TPSA) is 231 Å². The Morgan fingerprint density at radius 1 is 0.632 bits per heavy atom. The van der Waals surface area contributed by atoms with E-state index < -0.39 is 12.3 Å². The van der Waals surface area contributed by atoms with Crippen LogP contribution in [0.25, 0.3) is 0 Å². The van der Waals surface area contributed by atoms with Gasteiger partial charge in [0.25, 0.3) is 0 Å². The van der Waals surface area contributed by atoms with Crippen LogP contribution >= 0.6 is 69.9 Å². The third-order valence-corrected chi connectivity index (χ3v) is 11.3. The number of nitriles is 2. The van der Waals surface area contributed by atoms with Gasteiger partial charge in [-0.25, -0.2) is 20.0 Å². The molecule has 20 heteroatoms. The molecule has 0 saturated heterocycles. The molecule has 0 unspecified atom stereocenters. The summed E-state index contributed by atoms with van der Waals surface area (Å²) in [6.07, 6.45) is -1.07. The van der Waals surface area contributed by atoms with Gasteiger partial charge in [-0.05, 0) is 59.7 Å². The SMILES string of the molecule is N#Cc1cc(NC(=O)CSC2=N[C@@H](c3ccc(Cl)c(Cl)c3)N=C(N)N2)ccc1Cc1ccc(NC(=O)CSC2=N[C@@H](c3ccc(Cl)c(Cl)c3)N=C(N)N2)cc1C#N. The first-order chi connectivity index (χ1) is 27.4. The van der Waals surface area contributed by atoms with Crippen LogP contribution < -0.4 is 32.7 Å². The lowest BCUT2D eigenvalue weighted by Gasteiger charge is -2.19. The van der Waals surface area contributed by atoms with E-state index in [2.05, 4.69) is 53.4 Å². The van der Waals surface area contributed by atoms with E-state index in [0.29, 0.717) is 75.2 Å². The Morgan fingerprint density at radius 2 is 1.05 bits per heavy atom. The summed E-state index contributed by atoms with van der Waals surface area (Å²) >= 11 is 26.6. The molecule has 8 N–H and O–H groups in total. The zero-order valence-corrected chi connectivity index (χ0v) is 33.8. The first-order valence-electron chi connectivity index (χ1n) is 16.5. The fourth-order valence-corrected chi connectivity index (χ4v) is 7.37. The Bertz CT molecular complexity index is 2310. The summed E-state index contributed by atoms with van der Waals surface area (Å²) in [5.41, 5.74) is 16.0. The second kappa shape index (κ2) is 18.7. The van der Waals surface area contributed by atoms with E-state index in [0.717, 1.165) is 23.5 Å². The van der Waals surface area contributed by atoms with Crippen LogP contribution in [0.2, 0.25) is 20.1 Å². The summed E-state index contributed by atoms with van der Waals surface area (Å²) in [7, 11) is 0. The lowest BCUT2D eigenvalue weighted by Crippen LogP contribution is -2.39. The number of nitrogens with two attached hydrogens (primary N) is 2. The number of guanidine groups is 2. The minimum atomic E-state index is -0.660. The number of thioether (sulfide) groups is 2. The highest BCUT2D eigenvalue weighted by Crippen LogP contribution is 2.31. The van der Waals surface area contributed by atoms with E-state index in [1.54, 1.807) is 72.8 Å². The highest BCUT2D eigenvalue weighted by atomic mass is 35.5.